The molecule has 0 unspecified atom stereocenters. The Bertz CT molecular complexity index is 639. The normalized spacial score (nSPS) is 10.9. The number of nitro benzene ring substituents is 1. The topological polar surface area (TPSA) is 103 Å². The number of aliphatic hydroxyl groups excluding tert-OH is 1. The number of hydrogen-bond acceptors (Lipinski definition) is 6. The SMILES string of the molecule is CC(C)n1ncnc1COc1ccc([N+](=O)[O-])cc1CO. The molecule has 1 aromatic carbocycles. The van der Waals surface area contributed by atoms with Crippen molar-refractivity contribution >= 4 is 5.69 Å². The van der Waals surface area contributed by atoms with Crippen LogP contribution >= 0.6 is 0 Å². The van der Waals surface area contributed by atoms with Gasteiger partial charge in [-0.25, -0.2) is 9.67 Å². The Morgan fingerprint density at radius 3 is 2.86 bits per heavy atom. The second kappa shape index (κ2) is 6.31. The van der Waals surface area contributed by atoms with Crippen LogP contribution in [-0.2, 0) is 13.2 Å². The van der Waals surface area contributed by atoms with Gasteiger partial charge in [-0.3, -0.25) is 10.1 Å². The summed E-state index contributed by atoms with van der Waals surface area (Å²) in [5.41, 5.74) is 0.275. The zero-order valence-corrected chi connectivity index (χ0v) is 11.8. The van der Waals surface area contributed by atoms with Crippen molar-refractivity contribution < 1.29 is 14.8 Å². The summed E-state index contributed by atoms with van der Waals surface area (Å²) in [5.74, 6) is 1.04. The second-order valence-electron chi connectivity index (χ2n) is 4.71. The van der Waals surface area contributed by atoms with E-state index >= 15 is 0 Å². The van der Waals surface area contributed by atoms with Crippen LogP contribution in [0.5, 0.6) is 5.75 Å². The molecular weight excluding hydrogens is 276 g/mol. The summed E-state index contributed by atoms with van der Waals surface area (Å²) >= 11 is 0. The minimum absolute atomic E-state index is 0.0863. The lowest BCUT2D eigenvalue weighted by molar-refractivity contribution is -0.385. The maximum Gasteiger partial charge on any atom is 0.270 e. The average molecular weight is 292 g/mol. The smallest absolute Gasteiger partial charge is 0.270 e. The summed E-state index contributed by atoms with van der Waals surface area (Å²) in [7, 11) is 0. The van der Waals surface area contributed by atoms with Gasteiger partial charge in [0.1, 0.15) is 18.7 Å². The van der Waals surface area contributed by atoms with Crippen molar-refractivity contribution in [3.63, 3.8) is 0 Å². The highest BCUT2D eigenvalue weighted by atomic mass is 16.6. The van der Waals surface area contributed by atoms with Crippen molar-refractivity contribution in [2.24, 2.45) is 0 Å². The molecule has 0 fully saturated rings. The van der Waals surface area contributed by atoms with Crippen LogP contribution in [0.1, 0.15) is 31.3 Å². The van der Waals surface area contributed by atoms with E-state index in [1.54, 1.807) is 4.68 Å². The highest BCUT2D eigenvalue weighted by Gasteiger charge is 2.13. The lowest BCUT2D eigenvalue weighted by atomic mass is 10.2. The largest absolute Gasteiger partial charge is 0.485 e. The first-order valence-electron chi connectivity index (χ1n) is 6.42. The fourth-order valence-corrected chi connectivity index (χ4v) is 1.89. The molecule has 1 aromatic heterocycles. The molecule has 0 aliphatic carbocycles. The van der Waals surface area contributed by atoms with Gasteiger partial charge in [-0.1, -0.05) is 0 Å². The Balaban J connectivity index is 2.16. The third-order valence-corrected chi connectivity index (χ3v) is 2.92. The monoisotopic (exact) mass is 292 g/mol. The van der Waals surface area contributed by atoms with Gasteiger partial charge >= 0.3 is 0 Å². The fourth-order valence-electron chi connectivity index (χ4n) is 1.89. The van der Waals surface area contributed by atoms with E-state index in [1.807, 2.05) is 13.8 Å². The molecule has 0 saturated carbocycles. The summed E-state index contributed by atoms with van der Waals surface area (Å²) in [5, 5.41) is 24.1. The van der Waals surface area contributed by atoms with E-state index in [9.17, 15) is 15.2 Å². The molecule has 0 atom stereocenters. The Morgan fingerprint density at radius 1 is 1.48 bits per heavy atom. The minimum Gasteiger partial charge on any atom is -0.485 e. The van der Waals surface area contributed by atoms with Crippen molar-refractivity contribution in [3.05, 3.63) is 46.0 Å². The number of aromatic nitrogens is 3. The average Bonchev–Trinajstić information content (AvgIpc) is 2.93. The molecule has 21 heavy (non-hydrogen) atoms. The van der Waals surface area contributed by atoms with E-state index in [4.69, 9.17) is 4.74 Å². The summed E-state index contributed by atoms with van der Waals surface area (Å²) in [6.07, 6.45) is 1.45. The van der Waals surface area contributed by atoms with Gasteiger partial charge in [-0.15, -0.1) is 0 Å². The van der Waals surface area contributed by atoms with Crippen LogP contribution in [-0.4, -0.2) is 24.8 Å². The highest BCUT2D eigenvalue weighted by molar-refractivity contribution is 5.43. The molecule has 0 spiro atoms. The van der Waals surface area contributed by atoms with Crippen LogP contribution in [0.2, 0.25) is 0 Å². The number of non-ortho nitro benzene ring substituents is 1. The Hall–Kier alpha value is -2.48. The van der Waals surface area contributed by atoms with E-state index in [0.29, 0.717) is 17.1 Å². The molecule has 0 radical (unpaired) electrons. The second-order valence-corrected chi connectivity index (χ2v) is 4.71. The van der Waals surface area contributed by atoms with Gasteiger partial charge in [0.05, 0.1) is 11.5 Å². The maximum atomic E-state index is 10.7. The number of nitro groups is 1. The Morgan fingerprint density at radius 2 is 2.24 bits per heavy atom. The predicted octanol–water partition coefficient (Wildman–Crippen LogP) is 1.84. The molecule has 0 amide bonds. The molecule has 0 aliphatic rings. The van der Waals surface area contributed by atoms with Crippen LogP contribution < -0.4 is 4.74 Å². The first kappa shape index (κ1) is 14.9. The molecule has 8 nitrogen and oxygen atoms in total. The Kier molecular flexibility index (Phi) is 4.49. The molecule has 1 heterocycles. The predicted molar refractivity (Wildman–Crippen MR) is 73.8 cm³/mol. The van der Waals surface area contributed by atoms with Crippen LogP contribution in [0.4, 0.5) is 5.69 Å². The van der Waals surface area contributed by atoms with Crippen LogP contribution in [0.3, 0.4) is 0 Å². The maximum absolute atomic E-state index is 10.7. The Labute approximate surface area is 121 Å². The minimum atomic E-state index is -0.516. The number of ether oxygens (including phenoxy) is 1. The first-order chi connectivity index (χ1) is 10.0. The third kappa shape index (κ3) is 3.34. The van der Waals surface area contributed by atoms with Gasteiger partial charge in [-0.05, 0) is 19.9 Å². The number of aliphatic hydroxyl groups is 1. The highest BCUT2D eigenvalue weighted by Crippen LogP contribution is 2.25. The van der Waals surface area contributed by atoms with Crippen LogP contribution in [0.15, 0.2) is 24.5 Å². The molecule has 0 bridgehead atoms. The summed E-state index contributed by atoms with van der Waals surface area (Å²) in [6.45, 7) is 3.78. The molecule has 1 N–H and O–H groups in total. The van der Waals surface area contributed by atoms with Gasteiger partial charge in [0.15, 0.2) is 5.82 Å². The van der Waals surface area contributed by atoms with E-state index in [2.05, 4.69) is 10.1 Å². The van der Waals surface area contributed by atoms with Crippen molar-refractivity contribution in [2.45, 2.75) is 33.1 Å². The summed E-state index contributed by atoms with van der Waals surface area (Å²) < 4.78 is 7.32. The molecule has 0 saturated heterocycles. The number of benzene rings is 1. The van der Waals surface area contributed by atoms with Crippen LogP contribution in [0, 0.1) is 10.1 Å². The number of nitrogens with zero attached hydrogens (tertiary/aromatic N) is 4. The van der Waals surface area contributed by atoms with Crippen molar-refractivity contribution in [1.29, 1.82) is 0 Å². The standard InChI is InChI=1S/C13H16N4O4/c1-9(2)16-13(14-8-15-16)7-21-12-4-3-11(17(19)20)5-10(12)6-18/h3-5,8-9,18H,6-7H2,1-2H3. The molecule has 112 valence electrons. The van der Waals surface area contributed by atoms with Crippen molar-refractivity contribution in [2.75, 3.05) is 0 Å². The van der Waals surface area contributed by atoms with E-state index in [1.165, 1.54) is 24.5 Å². The number of hydrogen-bond donors (Lipinski definition) is 1. The van der Waals surface area contributed by atoms with Gasteiger partial charge in [0.2, 0.25) is 0 Å². The summed E-state index contributed by atoms with van der Waals surface area (Å²) in [6, 6.07) is 4.25. The van der Waals surface area contributed by atoms with Crippen molar-refractivity contribution in [3.8, 4) is 5.75 Å². The van der Waals surface area contributed by atoms with Gasteiger partial charge < -0.3 is 9.84 Å². The number of rotatable bonds is 6. The zero-order chi connectivity index (χ0) is 15.4. The van der Waals surface area contributed by atoms with Crippen molar-refractivity contribution in [1.82, 2.24) is 14.8 Å². The first-order valence-corrected chi connectivity index (χ1v) is 6.42. The lowest BCUT2D eigenvalue weighted by Crippen LogP contribution is -2.11. The van der Waals surface area contributed by atoms with E-state index < -0.39 is 4.92 Å². The fraction of sp³-hybridized carbons (Fsp3) is 0.385. The molecule has 8 heteroatoms. The van der Waals surface area contributed by atoms with Crippen LogP contribution in [0.25, 0.3) is 0 Å². The van der Waals surface area contributed by atoms with E-state index in [-0.39, 0.29) is 24.9 Å². The summed E-state index contributed by atoms with van der Waals surface area (Å²) in [4.78, 5) is 14.3. The van der Waals surface area contributed by atoms with Gasteiger partial charge in [0, 0.05) is 23.7 Å². The molecule has 2 rings (SSSR count). The molecule has 2 aromatic rings. The third-order valence-electron chi connectivity index (χ3n) is 2.92. The molecular formula is C13H16N4O4. The quantitative estimate of drug-likeness (QED) is 0.643. The zero-order valence-electron chi connectivity index (χ0n) is 11.8. The lowest BCUT2D eigenvalue weighted by Gasteiger charge is -2.12. The van der Waals surface area contributed by atoms with E-state index in [0.717, 1.165) is 0 Å². The molecule has 0 aliphatic heterocycles. The van der Waals surface area contributed by atoms with Gasteiger partial charge in [-0.2, -0.15) is 5.10 Å². The van der Waals surface area contributed by atoms with Gasteiger partial charge in [0.25, 0.3) is 5.69 Å².